The van der Waals surface area contributed by atoms with Gasteiger partial charge in [0.25, 0.3) is 0 Å². The molecule has 5 heteroatoms. The number of nitrogens with zero attached hydrogens (tertiary/aromatic N) is 2. The SMILES string of the molecule is CC(=O)c1ccc(C#N)c(NCc2ccnc(OCc3ccccc3)c2)c1. The molecule has 1 heterocycles. The van der Waals surface area contributed by atoms with Crippen LogP contribution in [0.3, 0.4) is 0 Å². The summed E-state index contributed by atoms with van der Waals surface area (Å²) in [6.07, 6.45) is 1.69. The average Bonchev–Trinajstić information content (AvgIpc) is 2.71. The number of benzene rings is 2. The van der Waals surface area contributed by atoms with Crippen LogP contribution in [0, 0.1) is 11.3 Å². The minimum atomic E-state index is -0.0388. The first-order valence-electron chi connectivity index (χ1n) is 8.56. The van der Waals surface area contributed by atoms with Crippen molar-refractivity contribution < 1.29 is 9.53 Å². The Labute approximate surface area is 158 Å². The maximum absolute atomic E-state index is 11.6. The second-order valence-electron chi connectivity index (χ2n) is 6.06. The zero-order valence-corrected chi connectivity index (χ0v) is 15.0. The van der Waals surface area contributed by atoms with Crippen LogP contribution in [-0.2, 0) is 13.2 Å². The normalized spacial score (nSPS) is 10.1. The number of hydrogen-bond donors (Lipinski definition) is 1. The highest BCUT2D eigenvalue weighted by molar-refractivity contribution is 5.95. The number of nitriles is 1. The summed E-state index contributed by atoms with van der Waals surface area (Å²) in [6.45, 7) is 2.44. The van der Waals surface area contributed by atoms with Crippen molar-refractivity contribution in [1.82, 2.24) is 4.98 Å². The van der Waals surface area contributed by atoms with Gasteiger partial charge in [-0.1, -0.05) is 30.3 Å². The fourth-order valence-corrected chi connectivity index (χ4v) is 2.58. The first-order chi connectivity index (χ1) is 13.2. The number of carbonyl (C=O) groups is 1. The van der Waals surface area contributed by atoms with Crippen LogP contribution in [0.15, 0.2) is 66.9 Å². The molecule has 0 aliphatic heterocycles. The summed E-state index contributed by atoms with van der Waals surface area (Å²) < 4.78 is 5.74. The van der Waals surface area contributed by atoms with Crippen LogP contribution in [0.25, 0.3) is 0 Å². The molecule has 0 bridgehead atoms. The lowest BCUT2D eigenvalue weighted by Crippen LogP contribution is -2.04. The highest BCUT2D eigenvalue weighted by Crippen LogP contribution is 2.19. The van der Waals surface area contributed by atoms with Gasteiger partial charge >= 0.3 is 0 Å². The van der Waals surface area contributed by atoms with E-state index in [1.165, 1.54) is 6.92 Å². The quantitative estimate of drug-likeness (QED) is 0.636. The highest BCUT2D eigenvalue weighted by atomic mass is 16.5. The molecular formula is C22H19N3O2. The van der Waals surface area contributed by atoms with Gasteiger partial charge in [-0.05, 0) is 42.3 Å². The number of ketones is 1. The fraction of sp³-hybridized carbons (Fsp3) is 0.136. The molecule has 134 valence electrons. The molecule has 1 aromatic heterocycles. The van der Waals surface area contributed by atoms with Crippen LogP contribution in [0.5, 0.6) is 5.88 Å². The van der Waals surface area contributed by atoms with Gasteiger partial charge in [-0.2, -0.15) is 5.26 Å². The second kappa shape index (κ2) is 8.63. The van der Waals surface area contributed by atoms with E-state index in [4.69, 9.17) is 4.74 Å². The van der Waals surface area contributed by atoms with Crippen LogP contribution >= 0.6 is 0 Å². The molecule has 1 N–H and O–H groups in total. The maximum atomic E-state index is 11.6. The smallest absolute Gasteiger partial charge is 0.213 e. The van der Waals surface area contributed by atoms with E-state index < -0.39 is 0 Å². The Morgan fingerprint density at radius 3 is 2.67 bits per heavy atom. The summed E-state index contributed by atoms with van der Waals surface area (Å²) in [5, 5.41) is 12.5. The Kier molecular flexibility index (Phi) is 5.80. The Morgan fingerprint density at radius 1 is 1.11 bits per heavy atom. The van der Waals surface area contributed by atoms with Crippen molar-refractivity contribution in [3.8, 4) is 11.9 Å². The molecule has 3 aromatic rings. The fourth-order valence-electron chi connectivity index (χ4n) is 2.58. The van der Waals surface area contributed by atoms with Crippen molar-refractivity contribution in [2.24, 2.45) is 0 Å². The van der Waals surface area contributed by atoms with E-state index in [1.54, 1.807) is 24.4 Å². The van der Waals surface area contributed by atoms with Crippen molar-refractivity contribution in [1.29, 1.82) is 5.26 Å². The third-order valence-electron chi connectivity index (χ3n) is 4.06. The number of aromatic nitrogens is 1. The number of ether oxygens (including phenoxy) is 1. The molecular weight excluding hydrogens is 338 g/mol. The lowest BCUT2D eigenvalue weighted by atomic mass is 10.1. The molecule has 5 nitrogen and oxygen atoms in total. The maximum Gasteiger partial charge on any atom is 0.213 e. The summed E-state index contributed by atoms with van der Waals surface area (Å²) in [5.41, 5.74) is 3.73. The Hall–Kier alpha value is -3.65. The topological polar surface area (TPSA) is 75.0 Å². The van der Waals surface area contributed by atoms with Crippen LogP contribution in [0.4, 0.5) is 5.69 Å². The highest BCUT2D eigenvalue weighted by Gasteiger charge is 2.07. The minimum absolute atomic E-state index is 0.0388. The van der Waals surface area contributed by atoms with Crippen LogP contribution in [-0.4, -0.2) is 10.8 Å². The Morgan fingerprint density at radius 2 is 1.93 bits per heavy atom. The van der Waals surface area contributed by atoms with E-state index in [2.05, 4.69) is 16.4 Å². The van der Waals surface area contributed by atoms with E-state index in [-0.39, 0.29) is 5.78 Å². The van der Waals surface area contributed by atoms with Gasteiger partial charge in [0.1, 0.15) is 12.7 Å². The number of rotatable bonds is 7. The van der Waals surface area contributed by atoms with E-state index >= 15 is 0 Å². The molecule has 0 saturated carbocycles. The van der Waals surface area contributed by atoms with E-state index in [0.717, 1.165) is 11.1 Å². The predicted octanol–water partition coefficient (Wildman–Crippen LogP) is 4.35. The first-order valence-corrected chi connectivity index (χ1v) is 8.56. The van der Waals surface area contributed by atoms with Crippen molar-refractivity contribution in [2.75, 3.05) is 5.32 Å². The van der Waals surface area contributed by atoms with Gasteiger partial charge in [-0.3, -0.25) is 4.79 Å². The lowest BCUT2D eigenvalue weighted by molar-refractivity contribution is 0.101. The largest absolute Gasteiger partial charge is 0.473 e. The van der Waals surface area contributed by atoms with E-state index in [1.807, 2.05) is 42.5 Å². The number of hydrogen-bond acceptors (Lipinski definition) is 5. The minimum Gasteiger partial charge on any atom is -0.473 e. The third-order valence-corrected chi connectivity index (χ3v) is 4.06. The van der Waals surface area contributed by atoms with Crippen LogP contribution in [0.2, 0.25) is 0 Å². The van der Waals surface area contributed by atoms with E-state index in [9.17, 15) is 10.1 Å². The van der Waals surface area contributed by atoms with Crippen molar-refractivity contribution >= 4 is 11.5 Å². The molecule has 0 spiro atoms. The second-order valence-corrected chi connectivity index (χ2v) is 6.06. The van der Waals surface area contributed by atoms with Gasteiger partial charge in [0.05, 0.1) is 11.3 Å². The molecule has 3 rings (SSSR count). The average molecular weight is 357 g/mol. The molecule has 27 heavy (non-hydrogen) atoms. The molecule has 0 aliphatic rings. The zero-order valence-electron chi connectivity index (χ0n) is 15.0. The van der Waals surface area contributed by atoms with Gasteiger partial charge in [0, 0.05) is 24.4 Å². The summed E-state index contributed by atoms with van der Waals surface area (Å²) in [5.74, 6) is 0.499. The summed E-state index contributed by atoms with van der Waals surface area (Å²) in [6, 6.07) is 20.8. The number of carbonyl (C=O) groups excluding carboxylic acids is 1. The summed E-state index contributed by atoms with van der Waals surface area (Å²) >= 11 is 0. The van der Waals surface area contributed by atoms with Crippen LogP contribution in [0.1, 0.15) is 34.0 Å². The molecule has 0 saturated heterocycles. The molecule has 0 aliphatic carbocycles. The zero-order chi connectivity index (χ0) is 19.1. The summed E-state index contributed by atoms with van der Waals surface area (Å²) in [4.78, 5) is 15.8. The van der Waals surface area contributed by atoms with Crippen LogP contribution < -0.4 is 10.1 Å². The molecule has 0 fully saturated rings. The standard InChI is InChI=1S/C22H19N3O2/c1-16(26)19-7-8-20(13-23)21(12-19)25-14-18-9-10-24-22(11-18)27-15-17-5-3-2-4-6-17/h2-12,25H,14-15H2,1H3. The molecule has 0 amide bonds. The van der Waals surface area contributed by atoms with Crippen molar-refractivity contribution in [2.45, 2.75) is 20.1 Å². The lowest BCUT2D eigenvalue weighted by Gasteiger charge is -2.11. The Balaban J connectivity index is 1.67. The predicted molar refractivity (Wildman–Crippen MR) is 103 cm³/mol. The molecule has 0 radical (unpaired) electrons. The number of Topliss-reactive ketones (excluding diaryl/α,β-unsaturated/α-hetero) is 1. The van der Waals surface area contributed by atoms with Crippen molar-refractivity contribution in [3.05, 3.63) is 89.1 Å². The van der Waals surface area contributed by atoms with E-state index in [0.29, 0.717) is 35.8 Å². The number of nitrogens with one attached hydrogen (secondary N) is 1. The van der Waals surface area contributed by atoms with Gasteiger partial charge in [0.15, 0.2) is 5.78 Å². The number of anilines is 1. The van der Waals surface area contributed by atoms with Crippen molar-refractivity contribution in [3.63, 3.8) is 0 Å². The van der Waals surface area contributed by atoms with Gasteiger partial charge in [-0.25, -0.2) is 4.98 Å². The summed E-state index contributed by atoms with van der Waals surface area (Å²) in [7, 11) is 0. The van der Waals surface area contributed by atoms with Gasteiger partial charge < -0.3 is 10.1 Å². The first kappa shape index (κ1) is 18.2. The molecule has 0 unspecified atom stereocenters. The van der Waals surface area contributed by atoms with Gasteiger partial charge in [-0.15, -0.1) is 0 Å². The Bertz CT molecular complexity index is 978. The third kappa shape index (κ3) is 4.93. The van der Waals surface area contributed by atoms with Gasteiger partial charge in [0.2, 0.25) is 5.88 Å². The molecule has 2 aromatic carbocycles. The monoisotopic (exact) mass is 357 g/mol. The number of pyridine rings is 1. The molecule has 0 atom stereocenters.